The molecule has 0 radical (unpaired) electrons. The zero-order valence-electron chi connectivity index (χ0n) is 24.4. The third-order valence-corrected chi connectivity index (χ3v) is 8.93. The third-order valence-electron chi connectivity index (χ3n) is 8.93. The lowest BCUT2D eigenvalue weighted by Crippen LogP contribution is -2.32. The molecule has 6 nitrogen and oxygen atoms in total. The predicted molar refractivity (Wildman–Crippen MR) is 152 cm³/mol. The van der Waals surface area contributed by atoms with Crippen molar-refractivity contribution in [1.82, 2.24) is 0 Å². The number of hydrogen-bond acceptors (Lipinski definition) is 6. The van der Waals surface area contributed by atoms with E-state index in [1.165, 1.54) is 19.1 Å². The number of rotatable bonds is 12. The average molecular weight is 543 g/mol. The van der Waals surface area contributed by atoms with Gasteiger partial charge < -0.3 is 23.7 Å². The maximum atomic E-state index is 11.5. The first-order chi connectivity index (χ1) is 19.1. The summed E-state index contributed by atoms with van der Waals surface area (Å²) in [7, 11) is 1.46. The molecule has 8 atom stereocenters. The molecule has 0 bridgehead atoms. The van der Waals surface area contributed by atoms with E-state index in [0.717, 1.165) is 83.8 Å². The van der Waals surface area contributed by atoms with Crippen LogP contribution in [-0.2, 0) is 28.5 Å². The molecule has 4 fully saturated rings. The molecule has 0 N–H and O–H groups in total. The Kier molecular flexibility index (Phi) is 12.4. The summed E-state index contributed by atoms with van der Waals surface area (Å²) in [4.78, 5) is 11.5. The van der Waals surface area contributed by atoms with Crippen LogP contribution >= 0.6 is 0 Å². The predicted octanol–water partition coefficient (Wildman–Crippen LogP) is 6.73. The van der Waals surface area contributed by atoms with Crippen LogP contribution in [-0.4, -0.2) is 51.1 Å². The van der Waals surface area contributed by atoms with Crippen LogP contribution < -0.4 is 0 Å². The van der Waals surface area contributed by atoms with E-state index in [-0.39, 0.29) is 36.7 Å². The monoisotopic (exact) mass is 542 g/mol. The summed E-state index contributed by atoms with van der Waals surface area (Å²) in [5.41, 5.74) is 1.54. The van der Waals surface area contributed by atoms with E-state index in [0.29, 0.717) is 24.2 Å². The maximum Gasteiger partial charge on any atom is 0.305 e. The second-order valence-corrected chi connectivity index (χ2v) is 11.8. The largest absolute Gasteiger partial charge is 0.469 e. The minimum atomic E-state index is -0.129. The number of hydrogen-bond donors (Lipinski definition) is 0. The van der Waals surface area contributed by atoms with Gasteiger partial charge >= 0.3 is 5.97 Å². The lowest BCUT2D eigenvalue weighted by atomic mass is 9.89. The van der Waals surface area contributed by atoms with Gasteiger partial charge in [0.25, 0.3) is 0 Å². The Bertz CT molecular complexity index is 872. The van der Waals surface area contributed by atoms with Crippen LogP contribution in [0.15, 0.2) is 23.8 Å². The number of carbonyl (C=O) groups is 1. The molecule has 0 aromatic heterocycles. The summed E-state index contributed by atoms with van der Waals surface area (Å²) >= 11 is 0. The van der Waals surface area contributed by atoms with Crippen LogP contribution in [0.5, 0.6) is 0 Å². The van der Waals surface area contributed by atoms with Crippen molar-refractivity contribution in [3.05, 3.63) is 23.8 Å². The SMILES string of the molecule is CC#CCC(C)[C@@H](/C=C\[C@H]1[C@H]2C/C(=C/CCCC(=O)OC)C[C@H]2C[C@H]1OC1CCCCO1)OC1CCCCO1. The van der Waals surface area contributed by atoms with Gasteiger partial charge in [-0.05, 0) is 95.3 Å². The second kappa shape index (κ2) is 16.0. The van der Waals surface area contributed by atoms with Crippen LogP contribution in [0.1, 0.15) is 97.3 Å². The number of carbonyl (C=O) groups excluding carboxylic acids is 1. The van der Waals surface area contributed by atoms with Gasteiger partial charge in [0.15, 0.2) is 12.6 Å². The fourth-order valence-corrected chi connectivity index (χ4v) is 6.71. The number of ether oxygens (including phenoxy) is 5. The molecule has 0 aromatic rings. The van der Waals surface area contributed by atoms with Crippen molar-refractivity contribution in [1.29, 1.82) is 0 Å². The van der Waals surface area contributed by atoms with E-state index >= 15 is 0 Å². The number of fused-ring (bicyclic) bond motifs is 1. The zero-order valence-corrected chi connectivity index (χ0v) is 24.4. The molecule has 0 spiro atoms. The molecule has 4 aliphatic rings. The summed E-state index contributed by atoms with van der Waals surface area (Å²) in [6, 6.07) is 0. The summed E-state index contributed by atoms with van der Waals surface area (Å²) < 4.78 is 29.9. The number of allylic oxidation sites excluding steroid dienone is 2. The van der Waals surface area contributed by atoms with Crippen molar-refractivity contribution < 1.29 is 28.5 Å². The van der Waals surface area contributed by atoms with Crippen molar-refractivity contribution in [2.75, 3.05) is 20.3 Å². The van der Waals surface area contributed by atoms with Gasteiger partial charge in [-0.1, -0.05) is 30.7 Å². The number of methoxy groups -OCH3 is 1. The molecule has 218 valence electrons. The Balaban J connectivity index is 1.45. The first-order valence-electron chi connectivity index (χ1n) is 15.4. The zero-order chi connectivity index (χ0) is 27.5. The molecular weight excluding hydrogens is 492 g/mol. The standard InChI is InChI=1S/C33H50O6/c1-4-5-12-24(2)29(38-32-15-8-10-19-36-32)18-17-27-28-22-25(13-6-7-14-31(34)35-3)21-26(28)23-30(27)39-33-16-9-11-20-37-33/h13,17-18,24,26-30,32-33H,6-12,14-16,19-23H2,1-3H3/b18-17-,25-13+/t24?,26-,27-,28-,29+,30+,32?,33?/m0/s1. The highest BCUT2D eigenvalue weighted by Crippen LogP contribution is 2.52. The molecule has 6 heteroatoms. The summed E-state index contributed by atoms with van der Waals surface area (Å²) in [6.07, 6.45) is 19.9. The Labute approximate surface area is 236 Å². The van der Waals surface area contributed by atoms with Crippen LogP contribution in [0, 0.1) is 35.5 Å². The molecule has 2 aliphatic heterocycles. The summed E-state index contributed by atoms with van der Waals surface area (Å²) in [6.45, 7) is 5.71. The highest BCUT2D eigenvalue weighted by molar-refractivity contribution is 5.69. The van der Waals surface area contributed by atoms with Gasteiger partial charge in [-0.2, -0.15) is 0 Å². The fourth-order valence-electron chi connectivity index (χ4n) is 6.71. The summed E-state index contributed by atoms with van der Waals surface area (Å²) in [5.74, 6) is 7.99. The summed E-state index contributed by atoms with van der Waals surface area (Å²) in [5, 5.41) is 0. The van der Waals surface area contributed by atoms with E-state index in [9.17, 15) is 4.79 Å². The van der Waals surface area contributed by atoms with E-state index < -0.39 is 0 Å². The lowest BCUT2D eigenvalue weighted by Gasteiger charge is -2.31. The number of unbranched alkanes of at least 4 members (excludes halogenated alkanes) is 1. The smallest absolute Gasteiger partial charge is 0.305 e. The minimum absolute atomic E-state index is 0.0330. The van der Waals surface area contributed by atoms with Gasteiger partial charge in [-0.15, -0.1) is 11.8 Å². The molecule has 2 heterocycles. The number of esters is 1. The minimum Gasteiger partial charge on any atom is -0.469 e. The Morgan fingerprint density at radius 3 is 2.56 bits per heavy atom. The van der Waals surface area contributed by atoms with Gasteiger partial charge in [-0.3, -0.25) is 4.79 Å². The van der Waals surface area contributed by atoms with E-state index in [4.69, 9.17) is 23.7 Å². The molecule has 3 unspecified atom stereocenters. The van der Waals surface area contributed by atoms with Crippen molar-refractivity contribution in [3.8, 4) is 11.8 Å². The van der Waals surface area contributed by atoms with Crippen molar-refractivity contribution in [2.45, 2.75) is 122 Å². The first-order valence-corrected chi connectivity index (χ1v) is 15.4. The highest BCUT2D eigenvalue weighted by Gasteiger charge is 2.47. The van der Waals surface area contributed by atoms with Crippen LogP contribution in [0.4, 0.5) is 0 Å². The second-order valence-electron chi connectivity index (χ2n) is 11.8. The van der Waals surface area contributed by atoms with E-state index in [1.807, 2.05) is 6.92 Å². The molecule has 4 rings (SSSR count). The van der Waals surface area contributed by atoms with E-state index in [2.05, 4.69) is 37.0 Å². The topological polar surface area (TPSA) is 63.2 Å². The van der Waals surface area contributed by atoms with Gasteiger partial charge in [0.1, 0.15) is 0 Å². The fraction of sp³-hybridized carbons (Fsp3) is 0.788. The van der Waals surface area contributed by atoms with Crippen LogP contribution in [0.3, 0.4) is 0 Å². The Hall–Kier alpha value is -1.65. The van der Waals surface area contributed by atoms with Gasteiger partial charge in [0, 0.05) is 32.0 Å². The van der Waals surface area contributed by atoms with Crippen molar-refractivity contribution in [2.24, 2.45) is 23.7 Å². The molecule has 2 aliphatic carbocycles. The third kappa shape index (κ3) is 9.18. The average Bonchev–Trinajstić information content (AvgIpc) is 3.50. The van der Waals surface area contributed by atoms with Crippen LogP contribution in [0.2, 0.25) is 0 Å². The molecule has 2 saturated carbocycles. The quantitative estimate of drug-likeness (QED) is 0.118. The molecule has 2 saturated heterocycles. The van der Waals surface area contributed by atoms with E-state index in [1.54, 1.807) is 0 Å². The Morgan fingerprint density at radius 1 is 1.10 bits per heavy atom. The van der Waals surface area contributed by atoms with Gasteiger partial charge in [0.2, 0.25) is 0 Å². The molecule has 0 aromatic carbocycles. The van der Waals surface area contributed by atoms with Gasteiger partial charge in [0.05, 0.1) is 19.3 Å². The van der Waals surface area contributed by atoms with Gasteiger partial charge in [-0.25, -0.2) is 0 Å². The maximum absolute atomic E-state index is 11.5. The Morgan fingerprint density at radius 2 is 1.87 bits per heavy atom. The van der Waals surface area contributed by atoms with Crippen molar-refractivity contribution >= 4 is 5.97 Å². The molecule has 39 heavy (non-hydrogen) atoms. The first kappa shape index (κ1) is 30.3. The molecular formula is C33H50O6. The normalized spacial score (nSPS) is 33.5. The van der Waals surface area contributed by atoms with Crippen LogP contribution in [0.25, 0.3) is 0 Å². The lowest BCUT2D eigenvalue weighted by molar-refractivity contribution is -0.193. The highest BCUT2D eigenvalue weighted by atomic mass is 16.7. The molecule has 0 amide bonds. The van der Waals surface area contributed by atoms with Crippen molar-refractivity contribution in [3.63, 3.8) is 0 Å².